The molecule has 1 nitrogen and oxygen atoms in total. The average Bonchev–Trinajstić information content (AvgIpc) is 2.86. The lowest BCUT2D eigenvalue weighted by Crippen LogP contribution is -2.20. The second-order valence-corrected chi connectivity index (χ2v) is 6.23. The van der Waals surface area contributed by atoms with E-state index in [0.717, 1.165) is 0 Å². The lowest BCUT2D eigenvalue weighted by atomic mass is 9.79. The molecule has 0 saturated heterocycles. The Bertz CT molecular complexity index is 281. The Hall–Kier alpha value is -0.370. The molecule has 0 bridgehead atoms. The summed E-state index contributed by atoms with van der Waals surface area (Å²) in [5.41, 5.74) is 2.36. The molecular formula is C15H27NS. The van der Waals surface area contributed by atoms with Crippen LogP contribution in [0, 0.1) is 0 Å². The third-order valence-corrected chi connectivity index (χ3v) is 4.77. The molecule has 0 fully saturated rings. The van der Waals surface area contributed by atoms with Crippen LogP contribution in [-0.2, 0) is 5.41 Å². The zero-order valence-electron chi connectivity index (χ0n) is 11.7. The number of thiazole rings is 1. The lowest BCUT2D eigenvalue weighted by Gasteiger charge is -2.28. The third kappa shape index (κ3) is 4.79. The van der Waals surface area contributed by atoms with Crippen molar-refractivity contribution in [2.24, 2.45) is 0 Å². The molecule has 0 spiro atoms. The van der Waals surface area contributed by atoms with Gasteiger partial charge in [-0.25, -0.2) is 0 Å². The van der Waals surface area contributed by atoms with Gasteiger partial charge in [-0.15, -0.1) is 11.3 Å². The van der Waals surface area contributed by atoms with Crippen molar-refractivity contribution in [3.05, 3.63) is 16.6 Å². The molecule has 0 saturated carbocycles. The van der Waals surface area contributed by atoms with Crippen LogP contribution in [0.4, 0.5) is 0 Å². The number of aromatic nitrogens is 1. The third-order valence-electron chi connectivity index (χ3n) is 3.69. The Labute approximate surface area is 111 Å². The molecule has 0 aliphatic rings. The molecule has 1 heterocycles. The number of hydrogen-bond acceptors (Lipinski definition) is 2. The molecule has 1 atom stereocenters. The SMILES string of the molecule is CCCCCCC(C)(CCCC)c1cncs1. The zero-order chi connectivity index (χ0) is 12.6. The largest absolute Gasteiger partial charge is 0.253 e. The molecule has 17 heavy (non-hydrogen) atoms. The molecule has 0 aliphatic carbocycles. The van der Waals surface area contributed by atoms with Crippen LogP contribution in [0.3, 0.4) is 0 Å². The Morgan fingerprint density at radius 3 is 2.35 bits per heavy atom. The van der Waals surface area contributed by atoms with Gasteiger partial charge in [0.15, 0.2) is 0 Å². The summed E-state index contributed by atoms with van der Waals surface area (Å²) in [7, 11) is 0. The van der Waals surface area contributed by atoms with Crippen LogP contribution in [0.25, 0.3) is 0 Å². The number of nitrogens with zero attached hydrogens (tertiary/aromatic N) is 1. The van der Waals surface area contributed by atoms with Gasteiger partial charge in [0.2, 0.25) is 0 Å². The Morgan fingerprint density at radius 1 is 1.06 bits per heavy atom. The maximum atomic E-state index is 4.26. The van der Waals surface area contributed by atoms with Crippen molar-refractivity contribution in [1.82, 2.24) is 4.98 Å². The van der Waals surface area contributed by atoms with Crippen LogP contribution in [0.1, 0.15) is 77.0 Å². The first-order valence-electron chi connectivity index (χ1n) is 7.12. The van der Waals surface area contributed by atoms with Crippen molar-refractivity contribution in [2.75, 3.05) is 0 Å². The van der Waals surface area contributed by atoms with E-state index in [1.165, 1.54) is 56.2 Å². The number of unbranched alkanes of at least 4 members (excludes halogenated alkanes) is 4. The van der Waals surface area contributed by atoms with Crippen LogP contribution < -0.4 is 0 Å². The van der Waals surface area contributed by atoms with Crippen LogP contribution in [0.15, 0.2) is 11.7 Å². The summed E-state index contributed by atoms with van der Waals surface area (Å²) in [6.45, 7) is 6.99. The second kappa shape index (κ2) is 7.86. The maximum Gasteiger partial charge on any atom is 0.0794 e. The topological polar surface area (TPSA) is 12.9 Å². The fraction of sp³-hybridized carbons (Fsp3) is 0.800. The molecule has 0 aromatic carbocycles. The molecule has 0 N–H and O–H groups in total. The van der Waals surface area contributed by atoms with E-state index in [9.17, 15) is 0 Å². The standard InChI is InChI=1S/C15H27NS/c1-4-6-8-9-11-15(3,10-7-5-2)14-12-16-13-17-14/h12-13H,4-11H2,1-3H3. The minimum Gasteiger partial charge on any atom is -0.253 e. The first kappa shape index (κ1) is 14.7. The summed E-state index contributed by atoms with van der Waals surface area (Å²) in [6, 6.07) is 0. The molecule has 1 aromatic heterocycles. The van der Waals surface area contributed by atoms with Gasteiger partial charge in [0.05, 0.1) is 5.51 Å². The summed E-state index contributed by atoms with van der Waals surface area (Å²) in [5, 5.41) is 0. The van der Waals surface area contributed by atoms with E-state index in [1.807, 2.05) is 16.8 Å². The van der Waals surface area contributed by atoms with E-state index >= 15 is 0 Å². The minimum atomic E-state index is 0.380. The van der Waals surface area contributed by atoms with Crippen molar-refractivity contribution in [2.45, 2.75) is 77.6 Å². The molecule has 0 amide bonds. The van der Waals surface area contributed by atoms with Gasteiger partial charge in [-0.1, -0.05) is 59.3 Å². The molecular weight excluding hydrogens is 226 g/mol. The highest BCUT2D eigenvalue weighted by Gasteiger charge is 2.26. The Kier molecular flexibility index (Phi) is 6.79. The first-order chi connectivity index (χ1) is 8.23. The molecule has 1 unspecified atom stereocenters. The summed E-state index contributed by atoms with van der Waals surface area (Å²) < 4.78 is 0. The normalized spacial score (nSPS) is 14.8. The van der Waals surface area contributed by atoms with Gasteiger partial charge in [0.1, 0.15) is 0 Å². The highest BCUT2D eigenvalue weighted by Crippen LogP contribution is 2.37. The van der Waals surface area contributed by atoms with Crippen molar-refractivity contribution >= 4 is 11.3 Å². The maximum absolute atomic E-state index is 4.26. The minimum absolute atomic E-state index is 0.380. The predicted octanol–water partition coefficient (Wildman–Crippen LogP) is 5.56. The second-order valence-electron chi connectivity index (χ2n) is 5.34. The monoisotopic (exact) mass is 253 g/mol. The molecule has 1 aromatic rings. The van der Waals surface area contributed by atoms with Gasteiger partial charge in [-0.2, -0.15) is 0 Å². The first-order valence-corrected chi connectivity index (χ1v) is 8.00. The quantitative estimate of drug-likeness (QED) is 0.525. The summed E-state index contributed by atoms with van der Waals surface area (Å²) >= 11 is 1.83. The highest BCUT2D eigenvalue weighted by molar-refractivity contribution is 7.09. The molecule has 0 aliphatic heterocycles. The van der Waals surface area contributed by atoms with Gasteiger partial charge in [-0.3, -0.25) is 4.98 Å². The predicted molar refractivity (Wildman–Crippen MR) is 77.8 cm³/mol. The van der Waals surface area contributed by atoms with Gasteiger partial charge in [0, 0.05) is 16.5 Å². The summed E-state index contributed by atoms with van der Waals surface area (Å²) in [6.07, 6.45) is 12.8. The zero-order valence-corrected chi connectivity index (χ0v) is 12.5. The van der Waals surface area contributed by atoms with Crippen LogP contribution in [0.2, 0.25) is 0 Å². The highest BCUT2D eigenvalue weighted by atomic mass is 32.1. The lowest BCUT2D eigenvalue weighted by molar-refractivity contribution is 0.375. The number of rotatable bonds is 9. The average molecular weight is 253 g/mol. The Balaban J connectivity index is 2.53. The van der Waals surface area contributed by atoms with Crippen molar-refractivity contribution in [3.63, 3.8) is 0 Å². The molecule has 1 rings (SSSR count). The summed E-state index contributed by atoms with van der Waals surface area (Å²) in [5.74, 6) is 0. The Morgan fingerprint density at radius 2 is 1.76 bits per heavy atom. The van der Waals surface area contributed by atoms with Crippen LogP contribution in [0.5, 0.6) is 0 Å². The van der Waals surface area contributed by atoms with Gasteiger partial charge < -0.3 is 0 Å². The van der Waals surface area contributed by atoms with Gasteiger partial charge in [-0.05, 0) is 12.8 Å². The van der Waals surface area contributed by atoms with Gasteiger partial charge in [0.25, 0.3) is 0 Å². The van der Waals surface area contributed by atoms with Crippen molar-refractivity contribution in [1.29, 1.82) is 0 Å². The molecule has 0 radical (unpaired) electrons. The molecule has 2 heteroatoms. The number of hydrogen-bond donors (Lipinski definition) is 0. The smallest absolute Gasteiger partial charge is 0.0794 e. The van der Waals surface area contributed by atoms with E-state index in [2.05, 4.69) is 32.0 Å². The fourth-order valence-corrected chi connectivity index (χ4v) is 3.24. The molecule has 98 valence electrons. The fourth-order valence-electron chi connectivity index (χ4n) is 2.39. The summed E-state index contributed by atoms with van der Waals surface area (Å²) in [4.78, 5) is 5.75. The van der Waals surface area contributed by atoms with E-state index in [1.54, 1.807) is 0 Å². The van der Waals surface area contributed by atoms with E-state index < -0.39 is 0 Å². The van der Waals surface area contributed by atoms with Crippen LogP contribution in [-0.4, -0.2) is 4.98 Å². The van der Waals surface area contributed by atoms with Crippen molar-refractivity contribution < 1.29 is 0 Å². The van der Waals surface area contributed by atoms with Crippen molar-refractivity contribution in [3.8, 4) is 0 Å². The van der Waals surface area contributed by atoms with Gasteiger partial charge >= 0.3 is 0 Å². The van der Waals surface area contributed by atoms with E-state index in [0.29, 0.717) is 5.41 Å². The van der Waals surface area contributed by atoms with Crippen LogP contribution >= 0.6 is 11.3 Å². The van der Waals surface area contributed by atoms with E-state index in [4.69, 9.17) is 0 Å². The van der Waals surface area contributed by atoms with E-state index in [-0.39, 0.29) is 0 Å².